The molecule has 1 saturated carbocycles. The lowest BCUT2D eigenvalue weighted by Crippen LogP contribution is -2.25. The average Bonchev–Trinajstić information content (AvgIpc) is 3.27. The third-order valence-electron chi connectivity index (χ3n) is 3.49. The highest BCUT2D eigenvalue weighted by molar-refractivity contribution is 6.32. The first kappa shape index (κ1) is 16.4. The summed E-state index contributed by atoms with van der Waals surface area (Å²) in [7, 11) is 1.51. The van der Waals surface area contributed by atoms with Crippen LogP contribution >= 0.6 is 11.6 Å². The summed E-state index contributed by atoms with van der Waals surface area (Å²) in [5.41, 5.74) is 0.756. The van der Waals surface area contributed by atoms with Crippen molar-refractivity contribution in [3.05, 3.63) is 22.7 Å². The Morgan fingerprint density at radius 1 is 1.41 bits per heavy atom. The van der Waals surface area contributed by atoms with Gasteiger partial charge in [-0.1, -0.05) is 11.6 Å². The molecule has 1 aromatic rings. The monoisotopic (exact) mass is 327 g/mol. The zero-order valence-corrected chi connectivity index (χ0v) is 13.1. The third kappa shape index (κ3) is 3.62. The quantitative estimate of drug-likeness (QED) is 0.801. The highest BCUT2D eigenvalue weighted by atomic mass is 35.5. The highest BCUT2D eigenvalue weighted by Crippen LogP contribution is 2.39. The number of hydrogen-bond donors (Lipinski definition) is 2. The van der Waals surface area contributed by atoms with Crippen LogP contribution < -0.4 is 14.8 Å². The smallest absolute Gasteiger partial charge is 0.307 e. The number of benzene rings is 1. The van der Waals surface area contributed by atoms with Gasteiger partial charge in [-0.15, -0.1) is 0 Å². The summed E-state index contributed by atoms with van der Waals surface area (Å²) in [5.74, 6) is -1.21. The van der Waals surface area contributed by atoms with Crippen LogP contribution in [0.3, 0.4) is 0 Å². The Hall–Kier alpha value is -1.95. The lowest BCUT2D eigenvalue weighted by Gasteiger charge is -2.13. The molecule has 0 aromatic heterocycles. The minimum atomic E-state index is -0.925. The van der Waals surface area contributed by atoms with Crippen molar-refractivity contribution < 1.29 is 24.2 Å². The maximum atomic E-state index is 11.8. The van der Waals surface area contributed by atoms with Crippen molar-refractivity contribution >= 4 is 23.5 Å². The molecule has 0 radical (unpaired) electrons. The molecule has 0 spiro atoms. The van der Waals surface area contributed by atoms with Crippen molar-refractivity contribution in [2.24, 2.45) is 11.8 Å². The lowest BCUT2D eigenvalue weighted by molar-refractivity contribution is -0.140. The normalized spacial score (nSPS) is 19.4. The van der Waals surface area contributed by atoms with Gasteiger partial charge in [-0.3, -0.25) is 9.59 Å². The van der Waals surface area contributed by atoms with Gasteiger partial charge in [0.2, 0.25) is 5.91 Å². The Balaban J connectivity index is 2.00. The summed E-state index contributed by atoms with van der Waals surface area (Å²) >= 11 is 6.15. The van der Waals surface area contributed by atoms with Crippen LogP contribution in [0.2, 0.25) is 5.02 Å². The molecule has 22 heavy (non-hydrogen) atoms. The number of hydrogen-bond acceptors (Lipinski definition) is 4. The van der Waals surface area contributed by atoms with Gasteiger partial charge in [0.05, 0.1) is 30.6 Å². The van der Waals surface area contributed by atoms with Crippen molar-refractivity contribution in [1.82, 2.24) is 5.32 Å². The van der Waals surface area contributed by atoms with Crippen molar-refractivity contribution in [3.63, 3.8) is 0 Å². The maximum Gasteiger partial charge on any atom is 0.307 e. The molecule has 0 aliphatic heterocycles. The fourth-order valence-corrected chi connectivity index (χ4v) is 2.53. The predicted molar refractivity (Wildman–Crippen MR) is 80.3 cm³/mol. The van der Waals surface area contributed by atoms with Crippen LogP contribution in [0.4, 0.5) is 0 Å². The van der Waals surface area contributed by atoms with E-state index < -0.39 is 17.8 Å². The molecule has 0 heterocycles. The molecule has 1 aromatic carbocycles. The SMILES string of the molecule is CCOc1c(Cl)cc(CNC(=O)[C@H]2C[C@H]2C(=O)O)cc1OC. The van der Waals surface area contributed by atoms with Gasteiger partial charge in [-0.05, 0) is 31.0 Å². The van der Waals surface area contributed by atoms with E-state index in [1.54, 1.807) is 12.1 Å². The number of carboxylic acid groups (broad SMARTS) is 1. The largest absolute Gasteiger partial charge is 0.493 e. The predicted octanol–water partition coefficient (Wildman–Crippen LogP) is 2.08. The Kier molecular flexibility index (Phi) is 5.13. The van der Waals surface area contributed by atoms with E-state index in [4.69, 9.17) is 26.2 Å². The summed E-state index contributed by atoms with van der Waals surface area (Å²) < 4.78 is 10.7. The number of rotatable bonds is 7. The summed E-state index contributed by atoms with van der Waals surface area (Å²) in [6.45, 7) is 2.56. The molecule has 6 nitrogen and oxygen atoms in total. The summed E-state index contributed by atoms with van der Waals surface area (Å²) in [4.78, 5) is 22.6. The van der Waals surface area contributed by atoms with Gasteiger partial charge < -0.3 is 19.9 Å². The average molecular weight is 328 g/mol. The zero-order valence-electron chi connectivity index (χ0n) is 12.4. The van der Waals surface area contributed by atoms with Crippen LogP contribution in [0, 0.1) is 11.8 Å². The van der Waals surface area contributed by atoms with E-state index >= 15 is 0 Å². The number of methoxy groups -OCH3 is 1. The first-order chi connectivity index (χ1) is 10.5. The first-order valence-electron chi connectivity index (χ1n) is 6.97. The fourth-order valence-electron chi connectivity index (χ4n) is 2.24. The van der Waals surface area contributed by atoms with Crippen LogP contribution in [0.25, 0.3) is 0 Å². The molecule has 1 aliphatic carbocycles. The van der Waals surface area contributed by atoms with E-state index in [2.05, 4.69) is 5.32 Å². The second-order valence-electron chi connectivity index (χ2n) is 5.05. The molecular weight excluding hydrogens is 310 g/mol. The van der Waals surface area contributed by atoms with Crippen LogP contribution in [-0.2, 0) is 16.1 Å². The molecule has 120 valence electrons. The first-order valence-corrected chi connectivity index (χ1v) is 7.35. The number of carbonyl (C=O) groups is 2. The Morgan fingerprint density at radius 3 is 2.68 bits per heavy atom. The van der Waals surface area contributed by atoms with E-state index in [1.165, 1.54) is 7.11 Å². The second-order valence-corrected chi connectivity index (χ2v) is 5.45. The van der Waals surface area contributed by atoms with Crippen molar-refractivity contribution in [2.75, 3.05) is 13.7 Å². The van der Waals surface area contributed by atoms with Gasteiger partial charge in [0.15, 0.2) is 11.5 Å². The van der Waals surface area contributed by atoms with Crippen LogP contribution in [0.15, 0.2) is 12.1 Å². The van der Waals surface area contributed by atoms with Crippen molar-refractivity contribution in [3.8, 4) is 11.5 Å². The number of halogens is 1. The van der Waals surface area contributed by atoms with Gasteiger partial charge >= 0.3 is 5.97 Å². The molecule has 0 saturated heterocycles. The topological polar surface area (TPSA) is 84.9 Å². The minimum Gasteiger partial charge on any atom is -0.493 e. The number of aliphatic carboxylic acids is 1. The van der Waals surface area contributed by atoms with Crippen molar-refractivity contribution in [2.45, 2.75) is 19.9 Å². The second kappa shape index (κ2) is 6.87. The standard InChI is InChI=1S/C15H18ClNO5/c1-3-22-13-11(16)4-8(5-12(13)21-2)7-17-14(18)9-6-10(9)15(19)20/h4-5,9-10H,3,6-7H2,1-2H3,(H,17,18)(H,19,20)/t9-,10+/m0/s1. The number of amides is 1. The molecular formula is C15H18ClNO5. The number of ether oxygens (including phenoxy) is 2. The lowest BCUT2D eigenvalue weighted by atomic mass is 10.2. The molecule has 2 N–H and O–H groups in total. The van der Waals surface area contributed by atoms with E-state index in [1.807, 2.05) is 6.92 Å². The van der Waals surface area contributed by atoms with E-state index in [0.717, 1.165) is 5.56 Å². The summed E-state index contributed by atoms with van der Waals surface area (Å²) in [6, 6.07) is 3.43. The number of carbonyl (C=O) groups excluding carboxylic acids is 1. The van der Waals surface area contributed by atoms with Crippen LogP contribution in [-0.4, -0.2) is 30.7 Å². The molecule has 2 rings (SSSR count). The fraction of sp³-hybridized carbons (Fsp3) is 0.467. The Morgan fingerprint density at radius 2 is 2.14 bits per heavy atom. The third-order valence-corrected chi connectivity index (χ3v) is 3.77. The van der Waals surface area contributed by atoms with Gasteiger partial charge in [0.25, 0.3) is 0 Å². The maximum absolute atomic E-state index is 11.8. The molecule has 0 unspecified atom stereocenters. The molecule has 1 fully saturated rings. The molecule has 0 bridgehead atoms. The van der Waals surface area contributed by atoms with Gasteiger partial charge in [0.1, 0.15) is 0 Å². The van der Waals surface area contributed by atoms with Gasteiger partial charge in [0, 0.05) is 6.54 Å². The van der Waals surface area contributed by atoms with Gasteiger partial charge in [-0.2, -0.15) is 0 Å². The van der Waals surface area contributed by atoms with Crippen molar-refractivity contribution in [1.29, 1.82) is 0 Å². The summed E-state index contributed by atoms with van der Waals surface area (Å²) in [6.07, 6.45) is 0.397. The number of nitrogens with one attached hydrogen (secondary N) is 1. The Labute approximate surface area is 133 Å². The Bertz CT molecular complexity index is 590. The van der Waals surface area contributed by atoms with Gasteiger partial charge in [-0.25, -0.2) is 0 Å². The van der Waals surface area contributed by atoms with E-state index in [0.29, 0.717) is 29.5 Å². The zero-order chi connectivity index (χ0) is 16.3. The summed E-state index contributed by atoms with van der Waals surface area (Å²) in [5, 5.41) is 11.9. The molecule has 1 amide bonds. The number of carboxylic acids is 1. The molecule has 1 aliphatic rings. The molecule has 2 atom stereocenters. The van der Waals surface area contributed by atoms with E-state index in [9.17, 15) is 9.59 Å². The molecule has 7 heteroatoms. The minimum absolute atomic E-state index is 0.253. The van der Waals surface area contributed by atoms with E-state index in [-0.39, 0.29) is 12.5 Å². The van der Waals surface area contributed by atoms with Crippen LogP contribution in [0.5, 0.6) is 11.5 Å². The highest BCUT2D eigenvalue weighted by Gasteiger charge is 2.48. The van der Waals surface area contributed by atoms with Crippen LogP contribution in [0.1, 0.15) is 18.9 Å².